The van der Waals surface area contributed by atoms with Crippen molar-refractivity contribution >= 4 is 33.1 Å². The van der Waals surface area contributed by atoms with Crippen molar-refractivity contribution in [2.75, 3.05) is 30.5 Å². The highest BCUT2D eigenvalue weighted by Gasteiger charge is 2.25. The zero-order chi connectivity index (χ0) is 20.4. The fourth-order valence-corrected chi connectivity index (χ4v) is 3.87. The predicted molar refractivity (Wildman–Crippen MR) is 114 cm³/mol. The molecule has 1 aromatic carbocycles. The number of hydrogen-bond donors (Lipinski definition) is 0. The number of halogens is 1. The van der Waals surface area contributed by atoms with Crippen molar-refractivity contribution in [1.82, 2.24) is 15.0 Å². The number of aromatic nitrogens is 3. The predicted octanol–water partition coefficient (Wildman–Crippen LogP) is 3.84. The summed E-state index contributed by atoms with van der Waals surface area (Å²) in [6.07, 6.45) is 4.16. The summed E-state index contributed by atoms with van der Waals surface area (Å²) in [5.41, 5.74) is 4.57. The lowest BCUT2D eigenvalue weighted by molar-refractivity contribution is 0.398. The summed E-state index contributed by atoms with van der Waals surface area (Å²) < 4.78 is 6.04. The van der Waals surface area contributed by atoms with E-state index in [4.69, 9.17) is 4.74 Å². The van der Waals surface area contributed by atoms with Crippen molar-refractivity contribution in [1.29, 1.82) is 5.26 Å². The number of ether oxygens (including phenoxy) is 1. The van der Waals surface area contributed by atoms with Crippen molar-refractivity contribution in [3.63, 3.8) is 0 Å². The molecule has 0 radical (unpaired) electrons. The fraction of sp³-hybridized carbons (Fsp3) is 0.238. The Balaban J connectivity index is 1.68. The Morgan fingerprint density at radius 3 is 2.79 bits per heavy atom. The number of methoxy groups -OCH3 is 1. The van der Waals surface area contributed by atoms with Crippen molar-refractivity contribution < 1.29 is 4.74 Å². The average molecular weight is 451 g/mol. The summed E-state index contributed by atoms with van der Waals surface area (Å²) in [4.78, 5) is 17.6. The minimum Gasteiger partial charge on any atom is -0.481 e. The SMILES string of the molecule is COc1ccc(N(C)c2ncnc3c2CN(c2ccc(Br)cc2C#N)CC3)cn1. The third-order valence-electron chi connectivity index (χ3n) is 5.03. The summed E-state index contributed by atoms with van der Waals surface area (Å²) in [6.45, 7) is 1.43. The molecule has 29 heavy (non-hydrogen) atoms. The Morgan fingerprint density at radius 1 is 1.21 bits per heavy atom. The molecule has 0 saturated carbocycles. The number of rotatable bonds is 4. The van der Waals surface area contributed by atoms with E-state index in [0.29, 0.717) is 18.0 Å². The number of benzene rings is 1. The van der Waals surface area contributed by atoms with Crippen LogP contribution in [0.15, 0.2) is 47.3 Å². The third kappa shape index (κ3) is 3.74. The second-order valence-electron chi connectivity index (χ2n) is 6.69. The van der Waals surface area contributed by atoms with E-state index in [-0.39, 0.29) is 0 Å². The molecule has 2 aromatic heterocycles. The quantitative estimate of drug-likeness (QED) is 0.597. The van der Waals surface area contributed by atoms with Gasteiger partial charge in [0.1, 0.15) is 18.2 Å². The minimum atomic E-state index is 0.567. The van der Waals surface area contributed by atoms with Crippen LogP contribution in [-0.2, 0) is 13.0 Å². The number of hydrogen-bond acceptors (Lipinski definition) is 7. The van der Waals surface area contributed by atoms with Gasteiger partial charge in [0.25, 0.3) is 0 Å². The van der Waals surface area contributed by atoms with Gasteiger partial charge in [-0.3, -0.25) is 0 Å². The second kappa shape index (κ2) is 8.05. The molecule has 0 aliphatic carbocycles. The first-order valence-electron chi connectivity index (χ1n) is 9.12. The van der Waals surface area contributed by atoms with Gasteiger partial charge in [0.05, 0.1) is 35.9 Å². The van der Waals surface area contributed by atoms with Crippen LogP contribution in [0.2, 0.25) is 0 Å². The van der Waals surface area contributed by atoms with E-state index in [1.54, 1.807) is 19.6 Å². The van der Waals surface area contributed by atoms with Crippen LogP contribution < -0.4 is 14.5 Å². The summed E-state index contributed by atoms with van der Waals surface area (Å²) >= 11 is 3.44. The highest BCUT2D eigenvalue weighted by molar-refractivity contribution is 9.10. The van der Waals surface area contributed by atoms with E-state index < -0.39 is 0 Å². The van der Waals surface area contributed by atoms with Crippen LogP contribution in [0.4, 0.5) is 17.2 Å². The van der Waals surface area contributed by atoms with Gasteiger partial charge in [-0.1, -0.05) is 15.9 Å². The maximum absolute atomic E-state index is 9.56. The van der Waals surface area contributed by atoms with Gasteiger partial charge < -0.3 is 14.5 Å². The zero-order valence-corrected chi connectivity index (χ0v) is 17.7. The summed E-state index contributed by atoms with van der Waals surface area (Å²) in [5, 5.41) is 9.56. The molecule has 0 fully saturated rings. The largest absolute Gasteiger partial charge is 0.481 e. The third-order valence-corrected chi connectivity index (χ3v) is 5.53. The molecular formula is C21H19BrN6O. The molecule has 0 atom stereocenters. The average Bonchev–Trinajstić information content (AvgIpc) is 2.77. The molecule has 8 heteroatoms. The standard InChI is InChI=1S/C21H19BrN6O/c1-27(16-4-6-20(29-2)24-11-16)21-17-12-28(8-7-18(17)25-13-26-21)19-5-3-15(22)9-14(19)10-23/h3-6,9,11,13H,7-8,12H2,1-2H3. The molecule has 7 nitrogen and oxygen atoms in total. The van der Waals surface area contributed by atoms with Crippen LogP contribution in [0.25, 0.3) is 0 Å². The molecule has 0 bridgehead atoms. The summed E-state index contributed by atoms with van der Waals surface area (Å²) in [6, 6.07) is 11.9. The van der Waals surface area contributed by atoms with Crippen molar-refractivity contribution in [3.8, 4) is 11.9 Å². The van der Waals surface area contributed by atoms with Gasteiger partial charge >= 0.3 is 0 Å². The highest BCUT2D eigenvalue weighted by Crippen LogP contribution is 2.33. The van der Waals surface area contributed by atoms with Crippen LogP contribution in [-0.4, -0.2) is 35.7 Å². The highest BCUT2D eigenvalue weighted by atomic mass is 79.9. The molecule has 146 valence electrons. The molecular weight excluding hydrogens is 432 g/mol. The lowest BCUT2D eigenvalue weighted by Gasteiger charge is -2.33. The van der Waals surface area contributed by atoms with Crippen LogP contribution in [0.3, 0.4) is 0 Å². The number of fused-ring (bicyclic) bond motifs is 1. The lowest BCUT2D eigenvalue weighted by Crippen LogP contribution is -2.33. The Hall–Kier alpha value is -3.18. The molecule has 0 N–H and O–H groups in total. The second-order valence-corrected chi connectivity index (χ2v) is 7.60. The maximum Gasteiger partial charge on any atom is 0.213 e. The van der Waals surface area contributed by atoms with Crippen molar-refractivity contribution in [2.24, 2.45) is 0 Å². The van der Waals surface area contributed by atoms with Crippen LogP contribution in [0.1, 0.15) is 16.8 Å². The molecule has 1 aliphatic rings. The Morgan fingerprint density at radius 2 is 2.07 bits per heavy atom. The van der Waals surface area contributed by atoms with E-state index >= 15 is 0 Å². The van der Waals surface area contributed by atoms with Crippen LogP contribution >= 0.6 is 15.9 Å². The van der Waals surface area contributed by atoms with E-state index in [1.807, 2.05) is 42.3 Å². The van der Waals surface area contributed by atoms with Gasteiger partial charge in [0.2, 0.25) is 5.88 Å². The van der Waals surface area contributed by atoms with E-state index in [0.717, 1.165) is 45.9 Å². The molecule has 3 heterocycles. The maximum atomic E-state index is 9.56. The van der Waals surface area contributed by atoms with Gasteiger partial charge in [0.15, 0.2) is 0 Å². The first-order valence-corrected chi connectivity index (χ1v) is 9.91. The fourth-order valence-electron chi connectivity index (χ4n) is 3.51. The molecule has 0 amide bonds. The molecule has 0 saturated heterocycles. The Kier molecular flexibility index (Phi) is 5.32. The summed E-state index contributed by atoms with van der Waals surface area (Å²) in [7, 11) is 3.56. The topological polar surface area (TPSA) is 78.2 Å². The van der Waals surface area contributed by atoms with E-state index in [2.05, 4.69) is 41.9 Å². The molecule has 3 aromatic rings. The number of pyridine rings is 1. The Labute approximate surface area is 177 Å². The van der Waals surface area contributed by atoms with Gasteiger partial charge in [-0.2, -0.15) is 5.26 Å². The van der Waals surface area contributed by atoms with Gasteiger partial charge in [-0.15, -0.1) is 0 Å². The lowest BCUT2D eigenvalue weighted by atomic mass is 10.0. The minimum absolute atomic E-state index is 0.567. The molecule has 1 aliphatic heterocycles. The molecule has 4 rings (SSSR count). The van der Waals surface area contributed by atoms with Gasteiger partial charge in [-0.25, -0.2) is 15.0 Å². The first-order chi connectivity index (χ1) is 14.1. The number of nitriles is 1. The monoisotopic (exact) mass is 450 g/mol. The molecule has 0 unspecified atom stereocenters. The van der Waals surface area contributed by atoms with Crippen molar-refractivity contribution in [3.05, 3.63) is 64.1 Å². The normalized spacial score (nSPS) is 12.8. The first kappa shape index (κ1) is 19.2. The van der Waals surface area contributed by atoms with E-state index in [1.165, 1.54) is 0 Å². The van der Waals surface area contributed by atoms with Crippen molar-refractivity contribution in [2.45, 2.75) is 13.0 Å². The zero-order valence-electron chi connectivity index (χ0n) is 16.1. The van der Waals surface area contributed by atoms with Gasteiger partial charge in [-0.05, 0) is 24.3 Å². The van der Waals surface area contributed by atoms with Gasteiger partial charge in [0, 0.05) is 42.7 Å². The number of anilines is 3. The van der Waals surface area contributed by atoms with E-state index in [9.17, 15) is 5.26 Å². The smallest absolute Gasteiger partial charge is 0.213 e. The van der Waals surface area contributed by atoms with Crippen LogP contribution in [0, 0.1) is 11.3 Å². The van der Waals surface area contributed by atoms with Crippen LogP contribution in [0.5, 0.6) is 5.88 Å². The Bertz CT molecular complexity index is 1080. The number of nitrogens with zero attached hydrogens (tertiary/aromatic N) is 6. The summed E-state index contributed by atoms with van der Waals surface area (Å²) in [5.74, 6) is 1.40. The molecule has 0 spiro atoms.